The molecule has 0 unspecified atom stereocenters. The number of rotatable bonds is 2. The van der Waals surface area contributed by atoms with Crippen LogP contribution in [-0.2, 0) is 0 Å². The summed E-state index contributed by atoms with van der Waals surface area (Å²) in [5.74, 6) is 0. The van der Waals surface area contributed by atoms with Crippen molar-refractivity contribution in [3.05, 3.63) is 36.5 Å². The van der Waals surface area contributed by atoms with Gasteiger partial charge in [0.05, 0.1) is 5.69 Å². The Morgan fingerprint density at radius 2 is 1.73 bits per heavy atom. The SMILES string of the molecule is F[B-](F)(F)c1cn(-c2ccccc2)nn1. The van der Waals surface area contributed by atoms with Crippen LogP contribution in [0.25, 0.3) is 5.69 Å². The molecule has 78 valence electrons. The summed E-state index contributed by atoms with van der Waals surface area (Å²) >= 11 is 0. The van der Waals surface area contributed by atoms with Crippen LogP contribution >= 0.6 is 0 Å². The zero-order chi connectivity index (χ0) is 10.9. The maximum absolute atomic E-state index is 12.3. The highest BCUT2D eigenvalue weighted by molar-refractivity contribution is 6.72. The Bertz CT molecular complexity index is 452. The molecule has 0 aliphatic heterocycles. The predicted molar refractivity (Wildman–Crippen MR) is 50.1 cm³/mol. The summed E-state index contributed by atoms with van der Waals surface area (Å²) in [6.45, 7) is -5.08. The Balaban J connectivity index is 2.37. The standard InChI is InChI=1S/C8H6BF3N3/c10-9(11,12)8-6-15(14-13-8)7-4-2-1-3-5-7/h1-6H/q-1. The number of benzene rings is 1. The molecule has 1 aromatic carbocycles. The highest BCUT2D eigenvalue weighted by Crippen LogP contribution is 2.08. The molecule has 0 N–H and O–H groups in total. The Labute approximate surface area is 83.6 Å². The van der Waals surface area contributed by atoms with Crippen molar-refractivity contribution in [3.8, 4) is 5.69 Å². The Kier molecular flexibility index (Phi) is 2.22. The molecule has 0 aliphatic carbocycles. The molecular formula is C8H6BF3N3-. The van der Waals surface area contributed by atoms with Crippen LogP contribution < -0.4 is 5.59 Å². The molecule has 0 bridgehead atoms. The first-order valence-corrected chi connectivity index (χ1v) is 4.25. The van der Waals surface area contributed by atoms with Crippen molar-refractivity contribution in [1.29, 1.82) is 0 Å². The Morgan fingerprint density at radius 3 is 2.27 bits per heavy atom. The predicted octanol–water partition coefficient (Wildman–Crippen LogP) is 1.32. The average molecular weight is 212 g/mol. The van der Waals surface area contributed by atoms with Gasteiger partial charge < -0.3 is 12.9 Å². The lowest BCUT2D eigenvalue weighted by atomic mass is 9.87. The summed E-state index contributed by atoms with van der Waals surface area (Å²) in [5, 5.41) is 6.49. The molecule has 0 saturated carbocycles. The highest BCUT2D eigenvalue weighted by Gasteiger charge is 2.29. The average Bonchev–Trinajstić information content (AvgIpc) is 2.67. The molecule has 15 heavy (non-hydrogen) atoms. The van der Waals surface area contributed by atoms with Gasteiger partial charge in [-0.25, -0.2) is 4.68 Å². The van der Waals surface area contributed by atoms with Crippen molar-refractivity contribution in [1.82, 2.24) is 15.0 Å². The second-order valence-electron chi connectivity index (χ2n) is 3.00. The van der Waals surface area contributed by atoms with Gasteiger partial charge in [0.2, 0.25) is 0 Å². The molecule has 0 amide bonds. The molecule has 0 atom stereocenters. The summed E-state index contributed by atoms with van der Waals surface area (Å²) in [6, 6.07) is 8.52. The number of nitrogens with zero attached hydrogens (tertiary/aromatic N) is 3. The van der Waals surface area contributed by atoms with E-state index in [9.17, 15) is 12.9 Å². The van der Waals surface area contributed by atoms with E-state index in [1.54, 1.807) is 30.3 Å². The molecular weight excluding hydrogens is 206 g/mol. The van der Waals surface area contributed by atoms with Gasteiger partial charge >= 0.3 is 6.98 Å². The molecule has 7 heteroatoms. The van der Waals surface area contributed by atoms with Crippen LogP contribution in [0.3, 0.4) is 0 Å². The third-order valence-electron chi connectivity index (χ3n) is 1.87. The maximum atomic E-state index is 12.3. The molecule has 0 aliphatic rings. The van der Waals surface area contributed by atoms with Crippen molar-refractivity contribution in [2.75, 3.05) is 0 Å². The summed E-state index contributed by atoms with van der Waals surface area (Å²) in [7, 11) is 0. The van der Waals surface area contributed by atoms with E-state index in [0.717, 1.165) is 10.9 Å². The molecule has 2 rings (SSSR count). The van der Waals surface area contributed by atoms with Gasteiger partial charge in [0.1, 0.15) is 0 Å². The van der Waals surface area contributed by atoms with E-state index >= 15 is 0 Å². The second-order valence-corrected chi connectivity index (χ2v) is 3.00. The first-order chi connectivity index (χ1) is 7.07. The van der Waals surface area contributed by atoms with Crippen molar-refractivity contribution in [2.45, 2.75) is 0 Å². The summed E-state index contributed by atoms with van der Waals surface area (Å²) < 4.78 is 37.9. The minimum Gasteiger partial charge on any atom is -0.444 e. The minimum atomic E-state index is -5.08. The van der Waals surface area contributed by atoms with E-state index < -0.39 is 12.6 Å². The van der Waals surface area contributed by atoms with Crippen LogP contribution in [0.1, 0.15) is 0 Å². The van der Waals surface area contributed by atoms with Gasteiger partial charge in [-0.05, 0) is 12.1 Å². The van der Waals surface area contributed by atoms with E-state index in [0.29, 0.717) is 5.69 Å². The quantitative estimate of drug-likeness (QED) is 0.702. The number of hydrogen-bond donors (Lipinski definition) is 0. The lowest BCUT2D eigenvalue weighted by molar-refractivity contribution is 0.498. The molecule has 3 nitrogen and oxygen atoms in total. The third kappa shape index (κ3) is 2.00. The van der Waals surface area contributed by atoms with Gasteiger partial charge in [-0.1, -0.05) is 23.4 Å². The molecule has 1 heterocycles. The molecule has 0 radical (unpaired) electrons. The van der Waals surface area contributed by atoms with Crippen LogP contribution in [0.15, 0.2) is 36.5 Å². The monoisotopic (exact) mass is 212 g/mol. The van der Waals surface area contributed by atoms with Gasteiger partial charge in [-0.2, -0.15) is 5.10 Å². The van der Waals surface area contributed by atoms with Crippen molar-refractivity contribution in [3.63, 3.8) is 0 Å². The van der Waals surface area contributed by atoms with E-state index in [1.165, 1.54) is 0 Å². The van der Waals surface area contributed by atoms with E-state index in [4.69, 9.17) is 0 Å². The zero-order valence-electron chi connectivity index (χ0n) is 7.52. The fourth-order valence-electron chi connectivity index (χ4n) is 1.13. The summed E-state index contributed by atoms with van der Waals surface area (Å²) in [6.07, 6.45) is 0.884. The largest absolute Gasteiger partial charge is 0.531 e. The minimum absolute atomic E-state index is 0.552. The van der Waals surface area contributed by atoms with Crippen LogP contribution in [0.5, 0.6) is 0 Å². The van der Waals surface area contributed by atoms with Gasteiger partial charge in [0.25, 0.3) is 0 Å². The van der Waals surface area contributed by atoms with Crippen LogP contribution in [0, 0.1) is 0 Å². The Hall–Kier alpha value is -1.79. The van der Waals surface area contributed by atoms with Crippen LogP contribution in [0.4, 0.5) is 12.9 Å². The third-order valence-corrected chi connectivity index (χ3v) is 1.87. The van der Waals surface area contributed by atoms with Gasteiger partial charge in [0, 0.05) is 11.8 Å². The molecule has 1 aromatic heterocycles. The fourth-order valence-corrected chi connectivity index (χ4v) is 1.13. The normalized spacial score (nSPS) is 11.7. The topological polar surface area (TPSA) is 30.7 Å². The molecule has 2 aromatic rings. The lowest BCUT2D eigenvalue weighted by Gasteiger charge is -2.07. The number of para-hydroxylation sites is 1. The van der Waals surface area contributed by atoms with E-state index in [-0.39, 0.29) is 0 Å². The zero-order valence-corrected chi connectivity index (χ0v) is 7.52. The van der Waals surface area contributed by atoms with Crippen molar-refractivity contribution >= 4 is 12.6 Å². The molecule has 0 spiro atoms. The molecule has 0 fully saturated rings. The van der Waals surface area contributed by atoms with E-state index in [2.05, 4.69) is 10.3 Å². The Morgan fingerprint density at radius 1 is 1.07 bits per heavy atom. The number of hydrogen-bond acceptors (Lipinski definition) is 2. The maximum Gasteiger partial charge on any atom is 0.531 e. The van der Waals surface area contributed by atoms with Gasteiger partial charge in [-0.3, -0.25) is 0 Å². The molecule has 0 saturated heterocycles. The van der Waals surface area contributed by atoms with Gasteiger partial charge in [-0.15, -0.1) is 0 Å². The lowest BCUT2D eigenvalue weighted by Crippen LogP contribution is -2.35. The smallest absolute Gasteiger partial charge is 0.444 e. The summed E-state index contributed by atoms with van der Waals surface area (Å²) in [5.41, 5.74) is -0.379. The fraction of sp³-hybridized carbons (Fsp3) is 0. The number of aromatic nitrogens is 3. The van der Waals surface area contributed by atoms with Crippen LogP contribution in [-0.4, -0.2) is 22.0 Å². The van der Waals surface area contributed by atoms with Gasteiger partial charge in [0.15, 0.2) is 0 Å². The number of halogens is 3. The van der Waals surface area contributed by atoms with Crippen molar-refractivity contribution in [2.24, 2.45) is 0 Å². The second kappa shape index (κ2) is 3.41. The highest BCUT2D eigenvalue weighted by atomic mass is 19.4. The summed E-state index contributed by atoms with van der Waals surface area (Å²) in [4.78, 5) is 0. The first kappa shape index (κ1) is 9.76. The first-order valence-electron chi connectivity index (χ1n) is 4.25. The van der Waals surface area contributed by atoms with Crippen molar-refractivity contribution < 1.29 is 12.9 Å². The van der Waals surface area contributed by atoms with E-state index in [1.807, 2.05) is 0 Å². The van der Waals surface area contributed by atoms with Crippen LogP contribution in [0.2, 0.25) is 0 Å².